The Labute approximate surface area is 172 Å². The van der Waals surface area contributed by atoms with Crippen LogP contribution in [0, 0.1) is 17.8 Å². The first-order chi connectivity index (χ1) is 13.1. The Kier molecular flexibility index (Phi) is 8.48. The van der Waals surface area contributed by atoms with E-state index in [1.807, 2.05) is 45.9 Å². The lowest BCUT2D eigenvalue weighted by atomic mass is 9.96. The van der Waals surface area contributed by atoms with E-state index in [0.29, 0.717) is 17.3 Å². The molecule has 1 atom stereocenters. The quantitative estimate of drug-likeness (QED) is 0.503. The molecule has 0 radical (unpaired) electrons. The van der Waals surface area contributed by atoms with Gasteiger partial charge in [0.2, 0.25) is 0 Å². The van der Waals surface area contributed by atoms with Gasteiger partial charge in [-0.05, 0) is 71.6 Å². The van der Waals surface area contributed by atoms with E-state index in [0.717, 1.165) is 10.9 Å². The zero-order valence-electron chi connectivity index (χ0n) is 19.2. The van der Waals surface area contributed by atoms with Gasteiger partial charge in [0.25, 0.3) is 6.47 Å². The molecule has 2 aromatic carbocycles. The van der Waals surface area contributed by atoms with E-state index < -0.39 is 0 Å². The summed E-state index contributed by atoms with van der Waals surface area (Å²) in [6, 6.07) is 10.4. The van der Waals surface area contributed by atoms with E-state index >= 15 is 0 Å². The lowest BCUT2D eigenvalue weighted by Gasteiger charge is -2.14. The fourth-order valence-electron chi connectivity index (χ4n) is 3.41. The molecular formula is C26H38O2. The second kappa shape index (κ2) is 9.91. The smallest absolute Gasteiger partial charge is 0.293 e. The number of carbonyl (C=O) groups excluding carboxylic acids is 1. The van der Waals surface area contributed by atoms with Crippen molar-refractivity contribution in [2.45, 2.75) is 74.8 Å². The molecule has 0 bridgehead atoms. The number of fused-ring (bicyclic) bond motifs is 1. The highest BCUT2D eigenvalue weighted by Crippen LogP contribution is 2.62. The number of hydrogen-bond acceptors (Lipinski definition) is 2. The summed E-state index contributed by atoms with van der Waals surface area (Å²) in [4.78, 5) is 10.5. The summed E-state index contributed by atoms with van der Waals surface area (Å²) in [6.45, 7) is 19.8. The third kappa shape index (κ3) is 5.70. The molecule has 3 rings (SSSR count). The highest BCUT2D eigenvalue weighted by Gasteiger charge is 2.53. The molecule has 0 N–H and O–H groups in total. The van der Waals surface area contributed by atoms with Crippen LogP contribution in [0.5, 0.6) is 0 Å². The zero-order valence-corrected chi connectivity index (χ0v) is 19.2. The van der Waals surface area contributed by atoms with Gasteiger partial charge in [0.05, 0.1) is 0 Å². The molecular weight excluding hydrogens is 344 g/mol. The molecule has 0 aliphatic heterocycles. The van der Waals surface area contributed by atoms with E-state index in [-0.39, 0.29) is 6.10 Å². The highest BCUT2D eigenvalue weighted by atomic mass is 16.5. The molecule has 0 amide bonds. The molecule has 2 aromatic rings. The number of benzene rings is 2. The Balaban J connectivity index is 0.000000363. The van der Waals surface area contributed by atoms with Crippen molar-refractivity contribution in [3.8, 4) is 0 Å². The molecule has 1 unspecified atom stereocenters. The zero-order chi connectivity index (χ0) is 21.5. The maximum atomic E-state index is 10.5. The number of aryl methyl sites for hydroxylation is 1. The SMILES string of the molecule is C/C=C\c1cc2c(C(C)OC=O)cccc2cc1C.CC.CC1(C)CC1(C)C. The fourth-order valence-corrected chi connectivity index (χ4v) is 3.41. The topological polar surface area (TPSA) is 26.3 Å². The van der Waals surface area contributed by atoms with Gasteiger partial charge in [0.15, 0.2) is 0 Å². The summed E-state index contributed by atoms with van der Waals surface area (Å²) in [5, 5.41) is 2.31. The van der Waals surface area contributed by atoms with Crippen LogP contribution in [0.4, 0.5) is 0 Å². The molecule has 154 valence electrons. The van der Waals surface area contributed by atoms with Crippen LogP contribution >= 0.6 is 0 Å². The van der Waals surface area contributed by atoms with E-state index in [9.17, 15) is 4.79 Å². The summed E-state index contributed by atoms with van der Waals surface area (Å²) >= 11 is 0. The normalized spacial score (nSPS) is 17.0. The van der Waals surface area contributed by atoms with Crippen LogP contribution in [0.2, 0.25) is 0 Å². The molecule has 1 saturated carbocycles. The monoisotopic (exact) mass is 382 g/mol. The van der Waals surface area contributed by atoms with Crippen molar-refractivity contribution in [2.75, 3.05) is 0 Å². The second-order valence-corrected chi connectivity index (χ2v) is 8.60. The molecule has 1 aliphatic rings. The molecule has 1 fully saturated rings. The number of rotatable bonds is 4. The van der Waals surface area contributed by atoms with E-state index in [1.165, 1.54) is 22.9 Å². The van der Waals surface area contributed by atoms with Gasteiger partial charge in [-0.2, -0.15) is 0 Å². The minimum atomic E-state index is -0.234. The van der Waals surface area contributed by atoms with Gasteiger partial charge >= 0.3 is 0 Å². The minimum absolute atomic E-state index is 0.234. The number of carbonyl (C=O) groups is 1. The molecule has 0 saturated heterocycles. The van der Waals surface area contributed by atoms with Crippen molar-refractivity contribution in [2.24, 2.45) is 10.8 Å². The average molecular weight is 383 g/mol. The second-order valence-electron chi connectivity index (χ2n) is 8.60. The average Bonchev–Trinajstić information content (AvgIpc) is 3.12. The molecule has 0 aromatic heterocycles. The third-order valence-electron chi connectivity index (χ3n) is 5.94. The van der Waals surface area contributed by atoms with Gasteiger partial charge in [-0.15, -0.1) is 0 Å². The molecule has 1 aliphatic carbocycles. The van der Waals surface area contributed by atoms with Gasteiger partial charge in [0.1, 0.15) is 6.10 Å². The maximum Gasteiger partial charge on any atom is 0.293 e. The standard InChI is InChI=1S/C17H18O2.C7H14.C2H6/c1-4-6-14-10-17-15(9-12(14)2)7-5-8-16(17)13(3)19-11-18;1-6(2)5-7(6,3)4;1-2/h4-11,13H,1-3H3;5H2,1-4H3;1-2H3/b6-4-;;. The number of hydrogen-bond donors (Lipinski definition) is 0. The summed E-state index contributed by atoms with van der Waals surface area (Å²) in [6.07, 6.45) is 5.29. The van der Waals surface area contributed by atoms with Gasteiger partial charge in [0, 0.05) is 0 Å². The van der Waals surface area contributed by atoms with Gasteiger partial charge in [-0.1, -0.05) is 78.0 Å². The summed E-state index contributed by atoms with van der Waals surface area (Å²) in [5.41, 5.74) is 4.77. The number of ether oxygens (including phenoxy) is 1. The highest BCUT2D eigenvalue weighted by molar-refractivity contribution is 5.89. The van der Waals surface area contributed by atoms with Crippen molar-refractivity contribution in [3.05, 3.63) is 53.1 Å². The minimum Gasteiger partial charge on any atom is -0.460 e. The predicted molar refractivity (Wildman–Crippen MR) is 122 cm³/mol. The predicted octanol–water partition coefficient (Wildman–Crippen LogP) is 7.88. The first-order valence-electron chi connectivity index (χ1n) is 10.4. The lowest BCUT2D eigenvalue weighted by Crippen LogP contribution is -1.99. The van der Waals surface area contributed by atoms with Crippen molar-refractivity contribution in [1.82, 2.24) is 0 Å². The fraction of sp³-hybridized carbons (Fsp3) is 0.500. The summed E-state index contributed by atoms with van der Waals surface area (Å²) in [7, 11) is 0. The van der Waals surface area contributed by atoms with Crippen molar-refractivity contribution >= 4 is 23.3 Å². The van der Waals surface area contributed by atoms with Crippen LogP contribution in [0.3, 0.4) is 0 Å². The maximum absolute atomic E-state index is 10.5. The Morgan fingerprint density at radius 2 is 1.64 bits per heavy atom. The molecule has 0 spiro atoms. The van der Waals surface area contributed by atoms with Crippen LogP contribution in [0.15, 0.2) is 36.4 Å². The molecule has 0 heterocycles. The van der Waals surface area contributed by atoms with Crippen LogP contribution in [0.1, 0.15) is 84.6 Å². The lowest BCUT2D eigenvalue weighted by molar-refractivity contribution is -0.133. The first-order valence-corrected chi connectivity index (χ1v) is 10.4. The van der Waals surface area contributed by atoms with Gasteiger partial charge in [-0.25, -0.2) is 0 Å². The van der Waals surface area contributed by atoms with Crippen molar-refractivity contribution in [1.29, 1.82) is 0 Å². The van der Waals surface area contributed by atoms with Crippen LogP contribution in [-0.4, -0.2) is 6.47 Å². The Morgan fingerprint density at radius 1 is 1.07 bits per heavy atom. The van der Waals surface area contributed by atoms with Crippen molar-refractivity contribution in [3.63, 3.8) is 0 Å². The largest absolute Gasteiger partial charge is 0.460 e. The molecule has 2 nitrogen and oxygen atoms in total. The van der Waals surface area contributed by atoms with Gasteiger partial charge in [-0.3, -0.25) is 4.79 Å². The Bertz CT molecular complexity index is 801. The van der Waals surface area contributed by atoms with E-state index in [4.69, 9.17) is 4.74 Å². The molecule has 2 heteroatoms. The van der Waals surface area contributed by atoms with Crippen molar-refractivity contribution < 1.29 is 9.53 Å². The van der Waals surface area contributed by atoms with E-state index in [2.05, 4.69) is 58.9 Å². The first kappa shape index (κ1) is 23.9. The van der Waals surface area contributed by atoms with Crippen LogP contribution < -0.4 is 0 Å². The van der Waals surface area contributed by atoms with Crippen LogP contribution in [-0.2, 0) is 9.53 Å². The summed E-state index contributed by atoms with van der Waals surface area (Å²) in [5.74, 6) is 0. The van der Waals surface area contributed by atoms with Crippen LogP contribution in [0.25, 0.3) is 16.8 Å². The summed E-state index contributed by atoms with van der Waals surface area (Å²) < 4.78 is 5.07. The molecule has 28 heavy (non-hydrogen) atoms. The van der Waals surface area contributed by atoms with Gasteiger partial charge < -0.3 is 4.74 Å². The van der Waals surface area contributed by atoms with E-state index in [1.54, 1.807) is 0 Å². The third-order valence-corrected chi connectivity index (χ3v) is 5.94. The number of allylic oxidation sites excluding steroid dienone is 1. The Hall–Kier alpha value is -2.09. The Morgan fingerprint density at radius 3 is 2.11 bits per heavy atom.